The average Bonchev–Trinajstić information content (AvgIpc) is 2.28. The minimum Gasteiger partial charge on any atom is -0.491 e. The van der Waals surface area contributed by atoms with Gasteiger partial charge < -0.3 is 15.2 Å². The third-order valence-electron chi connectivity index (χ3n) is 1.99. The predicted octanol–water partition coefficient (Wildman–Crippen LogP) is 1.96. The second kappa shape index (κ2) is 6.06. The molecule has 0 aliphatic heterocycles. The first-order valence-corrected chi connectivity index (χ1v) is 5.37. The number of hydrogen-bond donors (Lipinski definition) is 2. The topological polar surface area (TPSA) is 58.6 Å². The van der Waals surface area contributed by atoms with Crippen molar-refractivity contribution in [3.05, 3.63) is 36.4 Å². The average molecular weight is 235 g/mol. The first-order chi connectivity index (χ1) is 7.99. The number of aliphatic hydroxyl groups is 1. The van der Waals surface area contributed by atoms with Crippen LogP contribution in [0.4, 0.5) is 5.69 Å². The van der Waals surface area contributed by atoms with Crippen molar-refractivity contribution >= 4 is 11.6 Å². The molecule has 1 aromatic rings. The van der Waals surface area contributed by atoms with E-state index in [4.69, 9.17) is 9.84 Å². The molecular weight excluding hydrogens is 218 g/mol. The van der Waals surface area contributed by atoms with Crippen LogP contribution in [-0.2, 0) is 4.79 Å². The molecule has 0 saturated carbocycles. The Bertz CT molecular complexity index is 396. The van der Waals surface area contributed by atoms with Gasteiger partial charge in [0.1, 0.15) is 12.4 Å². The van der Waals surface area contributed by atoms with Gasteiger partial charge in [0, 0.05) is 11.3 Å². The first-order valence-electron chi connectivity index (χ1n) is 5.37. The van der Waals surface area contributed by atoms with Gasteiger partial charge in [-0.05, 0) is 38.1 Å². The van der Waals surface area contributed by atoms with Crippen LogP contribution >= 0.6 is 0 Å². The minimum atomic E-state index is -0.502. The van der Waals surface area contributed by atoms with Crippen molar-refractivity contribution in [2.45, 2.75) is 20.0 Å². The molecule has 2 N–H and O–H groups in total. The Hall–Kier alpha value is -1.81. The van der Waals surface area contributed by atoms with Gasteiger partial charge in [-0.1, -0.05) is 6.58 Å². The summed E-state index contributed by atoms with van der Waals surface area (Å²) in [7, 11) is 0. The van der Waals surface area contributed by atoms with E-state index in [2.05, 4.69) is 11.9 Å². The van der Waals surface area contributed by atoms with E-state index in [1.54, 1.807) is 38.1 Å². The highest BCUT2D eigenvalue weighted by atomic mass is 16.5. The zero-order chi connectivity index (χ0) is 12.8. The number of ether oxygens (including phenoxy) is 1. The Morgan fingerprint density at radius 2 is 2.06 bits per heavy atom. The van der Waals surface area contributed by atoms with E-state index in [9.17, 15) is 4.79 Å². The summed E-state index contributed by atoms with van der Waals surface area (Å²) in [5, 5.41) is 11.7. The van der Waals surface area contributed by atoms with Crippen molar-refractivity contribution < 1.29 is 14.6 Å². The van der Waals surface area contributed by atoms with E-state index in [1.807, 2.05) is 0 Å². The number of anilines is 1. The molecule has 1 atom stereocenters. The summed E-state index contributed by atoms with van der Waals surface area (Å²) in [6.07, 6.45) is -0.502. The summed E-state index contributed by atoms with van der Waals surface area (Å²) in [4.78, 5) is 11.3. The molecule has 1 unspecified atom stereocenters. The van der Waals surface area contributed by atoms with Gasteiger partial charge in [0.25, 0.3) is 5.91 Å². The predicted molar refractivity (Wildman–Crippen MR) is 67.1 cm³/mol. The molecule has 0 spiro atoms. The summed E-state index contributed by atoms with van der Waals surface area (Å²) in [5.74, 6) is 0.446. The standard InChI is InChI=1S/C13H17NO3/c1-9(2)13(16)14-11-4-6-12(7-5-11)17-8-10(3)15/h4-7,10,15H,1,8H2,2-3H3,(H,14,16). The monoisotopic (exact) mass is 235 g/mol. The van der Waals surface area contributed by atoms with Gasteiger partial charge in [-0.25, -0.2) is 0 Å². The van der Waals surface area contributed by atoms with E-state index in [1.165, 1.54) is 0 Å². The highest BCUT2D eigenvalue weighted by Gasteiger charge is 2.03. The van der Waals surface area contributed by atoms with Crippen LogP contribution in [0.3, 0.4) is 0 Å². The molecule has 17 heavy (non-hydrogen) atoms. The lowest BCUT2D eigenvalue weighted by molar-refractivity contribution is -0.112. The summed E-state index contributed by atoms with van der Waals surface area (Å²) in [6.45, 7) is 7.10. The third-order valence-corrected chi connectivity index (χ3v) is 1.99. The number of hydrogen-bond acceptors (Lipinski definition) is 3. The Balaban J connectivity index is 2.56. The zero-order valence-electron chi connectivity index (χ0n) is 10.1. The van der Waals surface area contributed by atoms with Crippen LogP contribution in [0.5, 0.6) is 5.75 Å². The molecule has 0 radical (unpaired) electrons. The number of benzene rings is 1. The molecule has 0 bridgehead atoms. The Labute approximate surface area is 101 Å². The molecule has 4 heteroatoms. The quantitative estimate of drug-likeness (QED) is 0.767. The normalized spacial score (nSPS) is 11.7. The highest BCUT2D eigenvalue weighted by molar-refractivity contribution is 6.02. The van der Waals surface area contributed by atoms with Crippen molar-refractivity contribution in [2.75, 3.05) is 11.9 Å². The van der Waals surface area contributed by atoms with Gasteiger partial charge in [-0.3, -0.25) is 4.79 Å². The summed E-state index contributed by atoms with van der Waals surface area (Å²) in [5.41, 5.74) is 1.14. The molecule has 0 aromatic heterocycles. The molecule has 1 aromatic carbocycles. The number of rotatable bonds is 5. The summed E-state index contributed by atoms with van der Waals surface area (Å²) >= 11 is 0. The lowest BCUT2D eigenvalue weighted by atomic mass is 10.2. The molecule has 4 nitrogen and oxygen atoms in total. The molecular formula is C13H17NO3. The summed E-state index contributed by atoms with van der Waals surface area (Å²) < 4.78 is 5.29. The lowest BCUT2D eigenvalue weighted by Gasteiger charge is -2.09. The second-order valence-corrected chi connectivity index (χ2v) is 3.92. The third kappa shape index (κ3) is 4.70. The maximum absolute atomic E-state index is 11.3. The number of nitrogens with one attached hydrogen (secondary N) is 1. The fraction of sp³-hybridized carbons (Fsp3) is 0.308. The number of amides is 1. The van der Waals surface area contributed by atoms with E-state index in [0.29, 0.717) is 17.0 Å². The first kappa shape index (κ1) is 13.3. The van der Waals surface area contributed by atoms with Crippen molar-refractivity contribution in [2.24, 2.45) is 0 Å². The van der Waals surface area contributed by atoms with Crippen LogP contribution in [0, 0.1) is 0 Å². The van der Waals surface area contributed by atoms with E-state index in [-0.39, 0.29) is 12.5 Å². The van der Waals surface area contributed by atoms with Crippen LogP contribution in [0.1, 0.15) is 13.8 Å². The molecule has 0 aliphatic rings. The molecule has 1 amide bonds. The Kier molecular flexibility index (Phi) is 4.72. The maximum Gasteiger partial charge on any atom is 0.250 e. The van der Waals surface area contributed by atoms with Gasteiger partial charge in [-0.2, -0.15) is 0 Å². The number of carbonyl (C=O) groups excluding carboxylic acids is 1. The summed E-state index contributed by atoms with van der Waals surface area (Å²) in [6, 6.07) is 6.93. The van der Waals surface area contributed by atoms with Crippen molar-refractivity contribution in [3.63, 3.8) is 0 Å². The van der Waals surface area contributed by atoms with Gasteiger partial charge >= 0.3 is 0 Å². The second-order valence-electron chi connectivity index (χ2n) is 3.92. The largest absolute Gasteiger partial charge is 0.491 e. The van der Waals surface area contributed by atoms with Gasteiger partial charge in [0.2, 0.25) is 0 Å². The number of aliphatic hydroxyl groups excluding tert-OH is 1. The highest BCUT2D eigenvalue weighted by Crippen LogP contribution is 2.16. The molecule has 0 saturated heterocycles. The Morgan fingerprint density at radius 3 is 2.53 bits per heavy atom. The maximum atomic E-state index is 11.3. The zero-order valence-corrected chi connectivity index (χ0v) is 10.1. The smallest absolute Gasteiger partial charge is 0.250 e. The molecule has 0 fully saturated rings. The van der Waals surface area contributed by atoms with E-state index >= 15 is 0 Å². The fourth-order valence-electron chi connectivity index (χ4n) is 1.09. The van der Waals surface area contributed by atoms with Crippen LogP contribution in [0.2, 0.25) is 0 Å². The van der Waals surface area contributed by atoms with E-state index in [0.717, 1.165) is 0 Å². The van der Waals surface area contributed by atoms with Gasteiger partial charge in [0.05, 0.1) is 6.10 Å². The van der Waals surface area contributed by atoms with Gasteiger partial charge in [0.15, 0.2) is 0 Å². The minimum absolute atomic E-state index is 0.206. The van der Waals surface area contributed by atoms with Crippen LogP contribution in [0.15, 0.2) is 36.4 Å². The lowest BCUT2D eigenvalue weighted by Crippen LogP contribution is -2.13. The Morgan fingerprint density at radius 1 is 1.47 bits per heavy atom. The molecule has 1 rings (SSSR count). The van der Waals surface area contributed by atoms with Crippen molar-refractivity contribution in [3.8, 4) is 5.75 Å². The molecule has 0 heterocycles. The van der Waals surface area contributed by atoms with Crippen LogP contribution in [-0.4, -0.2) is 23.7 Å². The SMILES string of the molecule is C=C(C)C(=O)Nc1ccc(OCC(C)O)cc1. The molecule has 0 aliphatic carbocycles. The van der Waals surface area contributed by atoms with Crippen LogP contribution < -0.4 is 10.1 Å². The number of carbonyl (C=O) groups is 1. The van der Waals surface area contributed by atoms with E-state index < -0.39 is 6.10 Å². The molecule has 92 valence electrons. The van der Waals surface area contributed by atoms with Gasteiger partial charge in [-0.15, -0.1) is 0 Å². The van der Waals surface area contributed by atoms with Crippen molar-refractivity contribution in [1.29, 1.82) is 0 Å². The fourth-order valence-corrected chi connectivity index (χ4v) is 1.09. The van der Waals surface area contributed by atoms with Crippen LogP contribution in [0.25, 0.3) is 0 Å². The van der Waals surface area contributed by atoms with Crippen molar-refractivity contribution in [1.82, 2.24) is 0 Å².